The van der Waals surface area contributed by atoms with Gasteiger partial charge in [0, 0.05) is 17.1 Å². The van der Waals surface area contributed by atoms with E-state index in [1.807, 2.05) is 36.4 Å². The van der Waals surface area contributed by atoms with Gasteiger partial charge in [-0.2, -0.15) is 0 Å². The molecule has 0 unspecified atom stereocenters. The van der Waals surface area contributed by atoms with Crippen LogP contribution in [0.3, 0.4) is 0 Å². The second-order valence-corrected chi connectivity index (χ2v) is 7.45. The third-order valence-electron chi connectivity index (χ3n) is 4.82. The summed E-state index contributed by atoms with van der Waals surface area (Å²) in [6.07, 6.45) is 1.44. The number of hydrogen-bond donors (Lipinski definition) is 3. The van der Waals surface area contributed by atoms with E-state index in [2.05, 4.69) is 16.0 Å². The summed E-state index contributed by atoms with van der Waals surface area (Å²) in [6, 6.07) is 27.0. The van der Waals surface area contributed by atoms with Crippen LogP contribution in [0.25, 0.3) is 0 Å². The molecule has 0 spiro atoms. The molecule has 3 N–H and O–H groups in total. The van der Waals surface area contributed by atoms with Crippen LogP contribution in [0, 0.1) is 0 Å². The third-order valence-corrected chi connectivity index (χ3v) is 4.82. The Morgan fingerprint density at radius 1 is 0.686 bits per heavy atom. The second kappa shape index (κ2) is 11.9. The van der Waals surface area contributed by atoms with E-state index >= 15 is 0 Å². The van der Waals surface area contributed by atoms with Crippen LogP contribution < -0.4 is 25.4 Å². The predicted octanol–water partition coefficient (Wildman–Crippen LogP) is 5.04. The van der Waals surface area contributed by atoms with E-state index in [0.29, 0.717) is 36.0 Å². The van der Waals surface area contributed by atoms with Gasteiger partial charge >= 0.3 is 0 Å². The normalized spacial score (nSPS) is 10.3. The van der Waals surface area contributed by atoms with Crippen molar-refractivity contribution in [2.75, 3.05) is 35.7 Å². The molecule has 8 nitrogen and oxygen atoms in total. The number of carbonyl (C=O) groups is 2. The highest BCUT2D eigenvalue weighted by molar-refractivity contribution is 6.02. The molecule has 0 saturated heterocycles. The van der Waals surface area contributed by atoms with E-state index in [0.717, 1.165) is 5.75 Å². The summed E-state index contributed by atoms with van der Waals surface area (Å²) >= 11 is 0. The van der Waals surface area contributed by atoms with Gasteiger partial charge in [-0.1, -0.05) is 24.3 Å². The maximum atomic E-state index is 12.3. The lowest BCUT2D eigenvalue weighted by molar-refractivity contribution is -0.114. The summed E-state index contributed by atoms with van der Waals surface area (Å²) in [5.41, 5.74) is 1.93. The largest absolute Gasteiger partial charge is 0.490 e. The van der Waals surface area contributed by atoms with Crippen molar-refractivity contribution >= 4 is 28.9 Å². The Bertz CT molecular complexity index is 1230. The highest BCUT2D eigenvalue weighted by Crippen LogP contribution is 2.18. The average molecular weight is 472 g/mol. The van der Waals surface area contributed by atoms with Crippen LogP contribution in [-0.4, -0.2) is 31.6 Å². The van der Waals surface area contributed by atoms with Crippen molar-refractivity contribution in [1.29, 1.82) is 0 Å². The summed E-state index contributed by atoms with van der Waals surface area (Å²) in [7, 11) is 0. The first kappa shape index (κ1) is 23.4. The van der Waals surface area contributed by atoms with Crippen LogP contribution >= 0.6 is 0 Å². The number of hydrogen-bond acceptors (Lipinski definition) is 6. The summed E-state index contributed by atoms with van der Waals surface area (Å²) in [4.78, 5) is 24.4. The molecular weight excluding hydrogens is 446 g/mol. The SMILES string of the molecule is O=C(CNc1cccc(NC(=O)c2ccco2)c1)Nc1ccc(OCCOc2ccccc2)cc1. The van der Waals surface area contributed by atoms with Crippen LogP contribution in [0.4, 0.5) is 17.1 Å². The van der Waals surface area contributed by atoms with Crippen LogP contribution in [0.1, 0.15) is 10.6 Å². The van der Waals surface area contributed by atoms with Gasteiger partial charge in [-0.15, -0.1) is 0 Å². The molecule has 0 atom stereocenters. The lowest BCUT2D eigenvalue weighted by Gasteiger charge is -2.11. The molecule has 0 fully saturated rings. The zero-order chi connectivity index (χ0) is 24.3. The van der Waals surface area contributed by atoms with Gasteiger partial charge in [0.1, 0.15) is 24.7 Å². The smallest absolute Gasteiger partial charge is 0.291 e. The first-order valence-corrected chi connectivity index (χ1v) is 11.0. The summed E-state index contributed by atoms with van der Waals surface area (Å²) in [5, 5.41) is 8.63. The van der Waals surface area contributed by atoms with Gasteiger partial charge < -0.3 is 29.8 Å². The standard InChI is InChI=1S/C27H25N3O5/c31-26(19-28-21-6-4-7-22(18-21)30-27(32)25-10-5-15-35-25)29-20-11-13-24(14-12-20)34-17-16-33-23-8-2-1-3-9-23/h1-15,18,28H,16-17,19H2,(H,29,31)(H,30,32). The quantitative estimate of drug-likeness (QED) is 0.265. The number of amides is 2. The van der Waals surface area contributed by atoms with Crippen molar-refractivity contribution in [3.05, 3.63) is 103 Å². The zero-order valence-electron chi connectivity index (χ0n) is 18.9. The highest BCUT2D eigenvalue weighted by atomic mass is 16.5. The Morgan fingerprint density at radius 2 is 1.40 bits per heavy atom. The molecular formula is C27H25N3O5. The Labute approximate surface area is 202 Å². The minimum Gasteiger partial charge on any atom is -0.490 e. The molecule has 2 amide bonds. The van der Waals surface area contributed by atoms with Gasteiger partial charge in [0.05, 0.1) is 12.8 Å². The number of nitrogens with one attached hydrogen (secondary N) is 3. The van der Waals surface area contributed by atoms with Gasteiger partial charge in [0.2, 0.25) is 5.91 Å². The second-order valence-electron chi connectivity index (χ2n) is 7.45. The first-order valence-electron chi connectivity index (χ1n) is 11.0. The Morgan fingerprint density at radius 3 is 2.11 bits per heavy atom. The van der Waals surface area contributed by atoms with Crippen LogP contribution in [0.15, 0.2) is 102 Å². The summed E-state index contributed by atoms with van der Waals surface area (Å²) < 4.78 is 16.4. The van der Waals surface area contributed by atoms with Crippen molar-refractivity contribution in [2.45, 2.75) is 0 Å². The van der Waals surface area contributed by atoms with Crippen molar-refractivity contribution in [1.82, 2.24) is 0 Å². The average Bonchev–Trinajstić information content (AvgIpc) is 3.43. The molecule has 1 heterocycles. The fraction of sp³-hybridized carbons (Fsp3) is 0.111. The number of para-hydroxylation sites is 1. The van der Waals surface area contributed by atoms with E-state index in [-0.39, 0.29) is 24.1 Å². The number of carbonyl (C=O) groups excluding carboxylic acids is 2. The van der Waals surface area contributed by atoms with Gasteiger partial charge in [-0.3, -0.25) is 9.59 Å². The molecule has 0 bridgehead atoms. The molecule has 0 radical (unpaired) electrons. The minimum atomic E-state index is -0.346. The van der Waals surface area contributed by atoms with E-state index in [1.54, 1.807) is 54.6 Å². The summed E-state index contributed by atoms with van der Waals surface area (Å²) in [6.45, 7) is 0.901. The maximum absolute atomic E-state index is 12.3. The van der Waals surface area contributed by atoms with Gasteiger partial charge in [-0.25, -0.2) is 0 Å². The van der Waals surface area contributed by atoms with E-state index in [4.69, 9.17) is 13.9 Å². The molecule has 8 heteroatoms. The lowest BCUT2D eigenvalue weighted by Crippen LogP contribution is -2.21. The molecule has 0 saturated carbocycles. The predicted molar refractivity (Wildman–Crippen MR) is 134 cm³/mol. The molecule has 3 aromatic carbocycles. The molecule has 178 valence electrons. The topological polar surface area (TPSA) is 102 Å². The van der Waals surface area contributed by atoms with E-state index in [9.17, 15) is 9.59 Å². The van der Waals surface area contributed by atoms with Crippen molar-refractivity contribution in [3.63, 3.8) is 0 Å². The van der Waals surface area contributed by atoms with Gasteiger partial charge in [0.15, 0.2) is 5.76 Å². The van der Waals surface area contributed by atoms with E-state index in [1.165, 1.54) is 6.26 Å². The fourth-order valence-electron chi connectivity index (χ4n) is 3.17. The Kier molecular flexibility index (Phi) is 8.00. The third kappa shape index (κ3) is 7.40. The van der Waals surface area contributed by atoms with Gasteiger partial charge in [0.25, 0.3) is 5.91 Å². The highest BCUT2D eigenvalue weighted by Gasteiger charge is 2.09. The van der Waals surface area contributed by atoms with Crippen molar-refractivity contribution in [3.8, 4) is 11.5 Å². The zero-order valence-corrected chi connectivity index (χ0v) is 18.9. The van der Waals surface area contributed by atoms with Gasteiger partial charge in [-0.05, 0) is 66.7 Å². The van der Waals surface area contributed by atoms with E-state index < -0.39 is 0 Å². The number of rotatable bonds is 11. The number of furan rings is 1. The molecule has 1 aromatic heterocycles. The maximum Gasteiger partial charge on any atom is 0.291 e. The molecule has 4 rings (SSSR count). The number of anilines is 3. The van der Waals surface area contributed by atoms with Crippen LogP contribution in [0.2, 0.25) is 0 Å². The summed E-state index contributed by atoms with van der Waals surface area (Å²) in [5.74, 6) is 1.15. The van der Waals surface area contributed by atoms with Crippen molar-refractivity contribution in [2.24, 2.45) is 0 Å². The number of benzene rings is 3. The monoisotopic (exact) mass is 471 g/mol. The van der Waals surface area contributed by atoms with Crippen LogP contribution in [-0.2, 0) is 4.79 Å². The molecule has 0 aliphatic rings. The Hall–Kier alpha value is -4.72. The fourth-order valence-corrected chi connectivity index (χ4v) is 3.17. The molecule has 0 aliphatic carbocycles. The minimum absolute atomic E-state index is 0.0602. The molecule has 0 aliphatic heterocycles. The van der Waals surface area contributed by atoms with Crippen LogP contribution in [0.5, 0.6) is 11.5 Å². The van der Waals surface area contributed by atoms with Crippen molar-refractivity contribution < 1.29 is 23.5 Å². The first-order chi connectivity index (χ1) is 17.2. The lowest BCUT2D eigenvalue weighted by atomic mass is 10.2. The number of ether oxygens (including phenoxy) is 2. The molecule has 4 aromatic rings. The Balaban J connectivity index is 1.18. The molecule has 35 heavy (non-hydrogen) atoms.